The van der Waals surface area contributed by atoms with Gasteiger partial charge in [-0.15, -0.1) is 0 Å². The van der Waals surface area contributed by atoms with Crippen LogP contribution in [0.5, 0.6) is 0 Å². The standard InChI is InChI=1S/C15H32N2O/c1-6-8-13(3)14(16-7-2)15(4,5)17-9-11-18-12-10-17/h13-14,16H,6-12H2,1-5H3. The van der Waals surface area contributed by atoms with Crippen molar-refractivity contribution in [2.75, 3.05) is 32.8 Å². The Kier molecular flexibility index (Phi) is 6.61. The van der Waals surface area contributed by atoms with Crippen molar-refractivity contribution in [2.24, 2.45) is 5.92 Å². The third-order valence-corrected chi connectivity index (χ3v) is 4.32. The molecule has 1 saturated heterocycles. The average Bonchev–Trinajstić information content (AvgIpc) is 2.37. The van der Waals surface area contributed by atoms with Crippen molar-refractivity contribution in [1.29, 1.82) is 0 Å². The third-order valence-electron chi connectivity index (χ3n) is 4.32. The number of nitrogens with one attached hydrogen (secondary N) is 1. The van der Waals surface area contributed by atoms with Crippen LogP contribution < -0.4 is 5.32 Å². The summed E-state index contributed by atoms with van der Waals surface area (Å²) in [5, 5.41) is 3.72. The van der Waals surface area contributed by atoms with Gasteiger partial charge in [-0.1, -0.05) is 27.2 Å². The van der Waals surface area contributed by atoms with Gasteiger partial charge in [-0.25, -0.2) is 0 Å². The first-order chi connectivity index (χ1) is 8.54. The lowest BCUT2D eigenvalue weighted by Gasteiger charge is -2.48. The van der Waals surface area contributed by atoms with E-state index in [4.69, 9.17) is 4.74 Å². The van der Waals surface area contributed by atoms with E-state index in [2.05, 4.69) is 44.8 Å². The summed E-state index contributed by atoms with van der Waals surface area (Å²) in [5.74, 6) is 0.716. The maximum atomic E-state index is 5.48. The van der Waals surface area contributed by atoms with Gasteiger partial charge in [-0.3, -0.25) is 4.90 Å². The molecular formula is C15H32N2O. The van der Waals surface area contributed by atoms with Crippen LogP contribution in [-0.2, 0) is 4.74 Å². The molecule has 3 heteroatoms. The third kappa shape index (κ3) is 3.94. The van der Waals surface area contributed by atoms with Gasteiger partial charge in [0.05, 0.1) is 13.2 Å². The molecule has 2 atom stereocenters. The quantitative estimate of drug-likeness (QED) is 0.757. The van der Waals surface area contributed by atoms with Crippen LogP contribution >= 0.6 is 0 Å². The van der Waals surface area contributed by atoms with Crippen LogP contribution in [0, 0.1) is 5.92 Å². The molecule has 18 heavy (non-hydrogen) atoms. The summed E-state index contributed by atoms with van der Waals surface area (Å²) < 4.78 is 5.48. The molecule has 2 unspecified atom stereocenters. The molecule has 1 fully saturated rings. The topological polar surface area (TPSA) is 24.5 Å². The molecule has 0 amide bonds. The Bertz CT molecular complexity index is 225. The van der Waals surface area contributed by atoms with Crippen LogP contribution in [0.1, 0.15) is 47.5 Å². The Morgan fingerprint density at radius 1 is 1.22 bits per heavy atom. The van der Waals surface area contributed by atoms with E-state index in [9.17, 15) is 0 Å². The Labute approximate surface area is 113 Å². The zero-order valence-electron chi connectivity index (χ0n) is 13.0. The Morgan fingerprint density at radius 3 is 2.33 bits per heavy atom. The lowest BCUT2D eigenvalue weighted by Crippen LogP contribution is -2.62. The fourth-order valence-corrected chi connectivity index (χ4v) is 3.33. The fraction of sp³-hybridized carbons (Fsp3) is 1.00. The number of likely N-dealkylation sites (N-methyl/N-ethyl adjacent to an activating group) is 1. The molecule has 0 aromatic carbocycles. The summed E-state index contributed by atoms with van der Waals surface area (Å²) in [4.78, 5) is 2.59. The van der Waals surface area contributed by atoms with Crippen LogP contribution in [0.25, 0.3) is 0 Å². The number of nitrogens with zero attached hydrogens (tertiary/aromatic N) is 1. The highest BCUT2D eigenvalue weighted by molar-refractivity contribution is 4.96. The average molecular weight is 256 g/mol. The zero-order valence-corrected chi connectivity index (χ0v) is 13.0. The summed E-state index contributed by atoms with van der Waals surface area (Å²) in [6.45, 7) is 16.6. The van der Waals surface area contributed by atoms with Crippen molar-refractivity contribution in [1.82, 2.24) is 10.2 Å². The minimum atomic E-state index is 0.203. The van der Waals surface area contributed by atoms with E-state index in [1.54, 1.807) is 0 Å². The van der Waals surface area contributed by atoms with E-state index >= 15 is 0 Å². The lowest BCUT2D eigenvalue weighted by atomic mass is 9.81. The highest BCUT2D eigenvalue weighted by Crippen LogP contribution is 2.27. The van der Waals surface area contributed by atoms with Crippen molar-refractivity contribution in [3.05, 3.63) is 0 Å². The molecular weight excluding hydrogens is 224 g/mol. The van der Waals surface area contributed by atoms with Gasteiger partial charge in [0.15, 0.2) is 0 Å². The second-order valence-electron chi connectivity index (χ2n) is 6.05. The minimum absolute atomic E-state index is 0.203. The summed E-state index contributed by atoms with van der Waals surface area (Å²) in [6, 6.07) is 0.556. The first-order valence-corrected chi connectivity index (χ1v) is 7.60. The molecule has 0 spiro atoms. The predicted octanol–water partition coefficient (Wildman–Crippen LogP) is 2.51. The molecule has 1 N–H and O–H groups in total. The minimum Gasteiger partial charge on any atom is -0.379 e. The summed E-state index contributed by atoms with van der Waals surface area (Å²) >= 11 is 0. The second kappa shape index (κ2) is 7.46. The van der Waals surface area contributed by atoms with Crippen molar-refractivity contribution >= 4 is 0 Å². The summed E-state index contributed by atoms with van der Waals surface area (Å²) in [5.41, 5.74) is 0.203. The molecule has 3 nitrogen and oxygen atoms in total. The highest BCUT2D eigenvalue weighted by atomic mass is 16.5. The molecule has 0 aromatic rings. The van der Waals surface area contributed by atoms with Crippen LogP contribution in [0.3, 0.4) is 0 Å². The van der Waals surface area contributed by atoms with Gasteiger partial charge < -0.3 is 10.1 Å². The van der Waals surface area contributed by atoms with Gasteiger partial charge in [0.1, 0.15) is 0 Å². The van der Waals surface area contributed by atoms with Crippen molar-refractivity contribution in [3.8, 4) is 0 Å². The molecule has 0 saturated carbocycles. The number of ether oxygens (including phenoxy) is 1. The van der Waals surface area contributed by atoms with Crippen molar-refractivity contribution in [3.63, 3.8) is 0 Å². The maximum Gasteiger partial charge on any atom is 0.0594 e. The molecule has 0 bridgehead atoms. The fourth-order valence-electron chi connectivity index (χ4n) is 3.33. The van der Waals surface area contributed by atoms with Crippen molar-refractivity contribution < 1.29 is 4.74 Å². The molecule has 1 rings (SSSR count). The highest BCUT2D eigenvalue weighted by Gasteiger charge is 2.38. The van der Waals surface area contributed by atoms with Gasteiger partial charge in [-0.05, 0) is 32.7 Å². The van der Waals surface area contributed by atoms with E-state index in [0.29, 0.717) is 12.0 Å². The van der Waals surface area contributed by atoms with Gasteiger partial charge in [0.25, 0.3) is 0 Å². The predicted molar refractivity (Wildman–Crippen MR) is 78.0 cm³/mol. The van der Waals surface area contributed by atoms with Crippen LogP contribution in [0.4, 0.5) is 0 Å². The molecule has 1 heterocycles. The molecule has 0 radical (unpaired) electrons. The summed E-state index contributed by atoms with van der Waals surface area (Å²) in [7, 11) is 0. The first kappa shape index (κ1) is 15.9. The van der Waals surface area contributed by atoms with Crippen LogP contribution in [0.15, 0.2) is 0 Å². The number of hydrogen-bond donors (Lipinski definition) is 1. The van der Waals surface area contributed by atoms with E-state index in [0.717, 1.165) is 32.8 Å². The first-order valence-electron chi connectivity index (χ1n) is 7.60. The Balaban J connectivity index is 2.73. The number of hydrogen-bond acceptors (Lipinski definition) is 3. The SMILES string of the molecule is CCCC(C)C(NCC)C(C)(C)N1CCOCC1. The smallest absolute Gasteiger partial charge is 0.0594 e. The van der Waals surface area contributed by atoms with Gasteiger partial charge in [-0.2, -0.15) is 0 Å². The monoisotopic (exact) mass is 256 g/mol. The van der Waals surface area contributed by atoms with E-state index in [-0.39, 0.29) is 5.54 Å². The molecule has 0 aliphatic carbocycles. The van der Waals surface area contributed by atoms with Crippen molar-refractivity contribution in [2.45, 2.75) is 59.0 Å². The number of morpholine rings is 1. The lowest BCUT2D eigenvalue weighted by molar-refractivity contribution is -0.0309. The van der Waals surface area contributed by atoms with Gasteiger partial charge in [0.2, 0.25) is 0 Å². The zero-order chi connectivity index (χ0) is 13.6. The van der Waals surface area contributed by atoms with Crippen LogP contribution in [-0.4, -0.2) is 49.3 Å². The molecule has 1 aliphatic rings. The second-order valence-corrected chi connectivity index (χ2v) is 6.05. The maximum absolute atomic E-state index is 5.48. The van der Waals surface area contributed by atoms with Crippen LogP contribution in [0.2, 0.25) is 0 Å². The number of rotatable bonds is 7. The van der Waals surface area contributed by atoms with E-state index in [1.807, 2.05) is 0 Å². The molecule has 108 valence electrons. The summed E-state index contributed by atoms with van der Waals surface area (Å²) in [6.07, 6.45) is 2.56. The van der Waals surface area contributed by atoms with Gasteiger partial charge >= 0.3 is 0 Å². The van der Waals surface area contributed by atoms with E-state index < -0.39 is 0 Å². The molecule has 0 aromatic heterocycles. The van der Waals surface area contributed by atoms with E-state index in [1.165, 1.54) is 12.8 Å². The van der Waals surface area contributed by atoms with Gasteiger partial charge in [0, 0.05) is 24.7 Å². The molecule has 1 aliphatic heterocycles. The Hall–Kier alpha value is -0.120. The normalized spacial score (nSPS) is 21.8. The largest absolute Gasteiger partial charge is 0.379 e. The Morgan fingerprint density at radius 2 is 1.83 bits per heavy atom.